The van der Waals surface area contributed by atoms with Crippen molar-refractivity contribution in [3.63, 3.8) is 0 Å². The summed E-state index contributed by atoms with van der Waals surface area (Å²) >= 11 is 6.02. The summed E-state index contributed by atoms with van der Waals surface area (Å²) in [6.07, 6.45) is 3.50. The summed E-state index contributed by atoms with van der Waals surface area (Å²) in [4.78, 5) is 31.2. The van der Waals surface area contributed by atoms with Crippen LogP contribution in [0.1, 0.15) is 22.0 Å². The van der Waals surface area contributed by atoms with Gasteiger partial charge < -0.3 is 10.2 Å². The average Bonchev–Trinajstić information content (AvgIpc) is 2.79. The number of hydrogen-bond acceptors (Lipinski definition) is 3. The van der Waals surface area contributed by atoms with Gasteiger partial charge in [0, 0.05) is 24.5 Å². The molecule has 1 unspecified atom stereocenters. The molecule has 1 N–H and O–H groups in total. The minimum Gasteiger partial charge on any atom is -0.336 e. The Labute approximate surface area is 161 Å². The third-order valence-corrected chi connectivity index (χ3v) is 4.89. The van der Waals surface area contributed by atoms with Crippen molar-refractivity contribution in [2.45, 2.75) is 6.04 Å². The fourth-order valence-electron chi connectivity index (χ4n) is 3.19. The molecule has 6 heteroatoms. The van der Waals surface area contributed by atoms with Gasteiger partial charge in [0.05, 0.1) is 11.3 Å². The highest BCUT2D eigenvalue weighted by Gasteiger charge is 2.32. The van der Waals surface area contributed by atoms with Crippen LogP contribution in [0.15, 0.2) is 67.0 Å². The summed E-state index contributed by atoms with van der Waals surface area (Å²) < 4.78 is 0. The second kappa shape index (κ2) is 6.85. The number of amides is 2. The highest BCUT2D eigenvalue weighted by Crippen LogP contribution is 2.30. The van der Waals surface area contributed by atoms with Crippen molar-refractivity contribution in [3.8, 4) is 11.1 Å². The monoisotopic (exact) mass is 377 g/mol. The number of aromatic nitrogens is 1. The van der Waals surface area contributed by atoms with E-state index in [2.05, 4.69) is 10.3 Å². The quantitative estimate of drug-likeness (QED) is 0.737. The zero-order valence-electron chi connectivity index (χ0n) is 14.5. The molecule has 0 saturated heterocycles. The van der Waals surface area contributed by atoms with Gasteiger partial charge in [-0.15, -0.1) is 0 Å². The number of carbonyl (C=O) groups is 2. The summed E-state index contributed by atoms with van der Waals surface area (Å²) in [7, 11) is 1.66. The molecule has 0 aliphatic carbocycles. The van der Waals surface area contributed by atoms with E-state index in [-0.39, 0.29) is 11.8 Å². The maximum absolute atomic E-state index is 13.0. The van der Waals surface area contributed by atoms with Crippen molar-refractivity contribution in [2.75, 3.05) is 11.9 Å². The Morgan fingerprint density at radius 1 is 1.04 bits per heavy atom. The predicted molar refractivity (Wildman–Crippen MR) is 105 cm³/mol. The second-order valence-electron chi connectivity index (χ2n) is 6.33. The van der Waals surface area contributed by atoms with E-state index in [9.17, 15) is 9.59 Å². The highest BCUT2D eigenvalue weighted by molar-refractivity contribution is 6.31. The summed E-state index contributed by atoms with van der Waals surface area (Å²) in [5.41, 5.74) is 3.61. The SMILES string of the molecule is CN1C(=O)C(c2ccc(-c3cccnc3)cc2)NC(=O)c2cc(Cl)ccc21. The smallest absolute Gasteiger partial charge is 0.254 e. The predicted octanol–water partition coefficient (Wildman–Crippen LogP) is 3.85. The molecule has 4 rings (SSSR count). The maximum Gasteiger partial charge on any atom is 0.254 e. The topological polar surface area (TPSA) is 62.3 Å². The molecule has 5 nitrogen and oxygen atoms in total. The number of benzene rings is 2. The third kappa shape index (κ3) is 3.17. The number of carbonyl (C=O) groups excluding carboxylic acids is 2. The number of anilines is 1. The van der Waals surface area contributed by atoms with Crippen LogP contribution in [0.25, 0.3) is 11.1 Å². The Kier molecular flexibility index (Phi) is 4.38. The van der Waals surface area contributed by atoms with Crippen LogP contribution in [-0.2, 0) is 4.79 Å². The lowest BCUT2D eigenvalue weighted by molar-refractivity contribution is -0.120. The minimum absolute atomic E-state index is 0.210. The van der Waals surface area contributed by atoms with E-state index in [1.54, 1.807) is 37.6 Å². The first-order chi connectivity index (χ1) is 13.0. The lowest BCUT2D eigenvalue weighted by atomic mass is 10.0. The van der Waals surface area contributed by atoms with Gasteiger partial charge in [-0.25, -0.2) is 0 Å². The van der Waals surface area contributed by atoms with Gasteiger partial charge >= 0.3 is 0 Å². The van der Waals surface area contributed by atoms with Crippen molar-refractivity contribution in [1.29, 1.82) is 0 Å². The Bertz CT molecular complexity index is 1020. The molecule has 134 valence electrons. The van der Waals surface area contributed by atoms with Gasteiger partial charge in [0.25, 0.3) is 11.8 Å². The van der Waals surface area contributed by atoms with E-state index in [0.717, 1.165) is 11.1 Å². The van der Waals surface area contributed by atoms with Gasteiger partial charge in [0.15, 0.2) is 0 Å². The molecule has 2 heterocycles. The van der Waals surface area contributed by atoms with Crippen LogP contribution in [0.2, 0.25) is 5.02 Å². The molecule has 0 spiro atoms. The normalized spacial score (nSPS) is 16.5. The Hall–Kier alpha value is -3.18. The zero-order valence-corrected chi connectivity index (χ0v) is 15.3. The van der Waals surface area contributed by atoms with Crippen molar-refractivity contribution >= 4 is 29.1 Å². The zero-order chi connectivity index (χ0) is 19.0. The molecule has 1 aliphatic heterocycles. The van der Waals surface area contributed by atoms with E-state index in [0.29, 0.717) is 21.8 Å². The lowest BCUT2D eigenvalue weighted by Gasteiger charge is -2.21. The molecule has 1 aromatic heterocycles. The van der Waals surface area contributed by atoms with Gasteiger partial charge in [-0.3, -0.25) is 14.6 Å². The molecule has 1 aliphatic rings. The summed E-state index contributed by atoms with van der Waals surface area (Å²) in [6.45, 7) is 0. The van der Waals surface area contributed by atoms with Gasteiger partial charge in [-0.2, -0.15) is 0 Å². The van der Waals surface area contributed by atoms with Crippen LogP contribution in [0, 0.1) is 0 Å². The first-order valence-corrected chi connectivity index (χ1v) is 8.81. The van der Waals surface area contributed by atoms with Gasteiger partial charge in [0.2, 0.25) is 0 Å². The Morgan fingerprint density at radius 3 is 2.52 bits per heavy atom. The standard InChI is InChI=1S/C21H16ClN3O2/c1-25-18-9-8-16(22)11-17(18)20(26)24-19(21(25)27)14-6-4-13(5-7-14)15-3-2-10-23-12-15/h2-12,19H,1H3,(H,24,26). The second-order valence-corrected chi connectivity index (χ2v) is 6.77. The third-order valence-electron chi connectivity index (χ3n) is 4.66. The molecular formula is C21H16ClN3O2. The number of rotatable bonds is 2. The highest BCUT2D eigenvalue weighted by atomic mass is 35.5. The lowest BCUT2D eigenvalue weighted by Crippen LogP contribution is -2.37. The minimum atomic E-state index is -0.767. The molecule has 3 aromatic rings. The molecule has 2 amide bonds. The van der Waals surface area contributed by atoms with Gasteiger partial charge in [-0.05, 0) is 41.0 Å². The van der Waals surface area contributed by atoms with Crippen LogP contribution < -0.4 is 10.2 Å². The van der Waals surface area contributed by atoms with Crippen molar-refractivity contribution in [1.82, 2.24) is 10.3 Å². The van der Waals surface area contributed by atoms with E-state index < -0.39 is 6.04 Å². The molecule has 1 atom stereocenters. The number of pyridine rings is 1. The number of nitrogens with zero attached hydrogens (tertiary/aromatic N) is 2. The van der Waals surface area contributed by atoms with E-state index >= 15 is 0 Å². The van der Waals surface area contributed by atoms with Crippen LogP contribution in [0.4, 0.5) is 5.69 Å². The van der Waals surface area contributed by atoms with Crippen molar-refractivity contribution < 1.29 is 9.59 Å². The first-order valence-electron chi connectivity index (χ1n) is 8.43. The van der Waals surface area contributed by atoms with Crippen LogP contribution >= 0.6 is 11.6 Å². The Morgan fingerprint density at radius 2 is 1.81 bits per heavy atom. The number of nitrogens with one attached hydrogen (secondary N) is 1. The molecule has 2 aromatic carbocycles. The molecular weight excluding hydrogens is 362 g/mol. The largest absolute Gasteiger partial charge is 0.336 e. The summed E-state index contributed by atoms with van der Waals surface area (Å²) in [5.74, 6) is -0.537. The van der Waals surface area contributed by atoms with Crippen molar-refractivity contribution in [2.24, 2.45) is 0 Å². The van der Waals surface area contributed by atoms with Crippen LogP contribution in [0.3, 0.4) is 0 Å². The molecule has 0 fully saturated rings. The average molecular weight is 378 g/mol. The number of halogens is 1. The van der Waals surface area contributed by atoms with E-state index in [1.807, 2.05) is 36.4 Å². The Balaban J connectivity index is 1.68. The van der Waals surface area contributed by atoms with Gasteiger partial charge in [-0.1, -0.05) is 41.9 Å². The number of hydrogen-bond donors (Lipinski definition) is 1. The maximum atomic E-state index is 13.0. The fourth-order valence-corrected chi connectivity index (χ4v) is 3.37. The number of likely N-dealkylation sites (N-methyl/N-ethyl adjacent to an activating group) is 1. The molecule has 0 saturated carbocycles. The molecule has 0 radical (unpaired) electrons. The van der Waals surface area contributed by atoms with Crippen LogP contribution in [-0.4, -0.2) is 23.8 Å². The fraction of sp³-hybridized carbons (Fsp3) is 0.0952. The van der Waals surface area contributed by atoms with Gasteiger partial charge in [0.1, 0.15) is 6.04 Å². The van der Waals surface area contributed by atoms with E-state index in [1.165, 1.54) is 4.90 Å². The summed E-state index contributed by atoms with van der Waals surface area (Å²) in [6, 6.07) is 15.5. The molecule has 0 bridgehead atoms. The number of fused-ring (bicyclic) bond motifs is 1. The van der Waals surface area contributed by atoms with Crippen LogP contribution in [0.5, 0.6) is 0 Å². The van der Waals surface area contributed by atoms with E-state index in [4.69, 9.17) is 11.6 Å². The summed E-state index contributed by atoms with van der Waals surface area (Å²) in [5, 5.41) is 3.27. The first kappa shape index (κ1) is 17.2. The van der Waals surface area contributed by atoms with Crippen molar-refractivity contribution in [3.05, 3.63) is 83.1 Å². The molecule has 27 heavy (non-hydrogen) atoms.